The molecule has 0 aromatic carbocycles. The summed E-state index contributed by atoms with van der Waals surface area (Å²) in [5, 5.41) is 0. The second-order valence-corrected chi connectivity index (χ2v) is 5.29. The van der Waals surface area contributed by atoms with Crippen molar-refractivity contribution < 1.29 is 9.53 Å². The average molecular weight is 216 g/mol. The fourth-order valence-corrected chi connectivity index (χ4v) is 3.63. The Balaban J connectivity index is 2.17. The Labute approximate surface area is 95.7 Å². The summed E-state index contributed by atoms with van der Waals surface area (Å²) in [4.78, 5) is 12.1. The number of carbonyl (C=O) groups is 1. The van der Waals surface area contributed by atoms with Crippen molar-refractivity contribution in [1.82, 2.24) is 0 Å². The van der Waals surface area contributed by atoms with Crippen LogP contribution < -0.4 is 0 Å². The van der Waals surface area contributed by atoms with Crippen molar-refractivity contribution in [2.75, 3.05) is 0 Å². The van der Waals surface area contributed by atoms with E-state index >= 15 is 0 Å². The lowest BCUT2D eigenvalue weighted by molar-refractivity contribution is -0.147. The summed E-state index contributed by atoms with van der Waals surface area (Å²) in [7, 11) is 0. The van der Waals surface area contributed by atoms with Gasteiger partial charge in [0.2, 0.25) is 0 Å². The summed E-state index contributed by atoms with van der Waals surface area (Å²) in [6.07, 6.45) is 10.5. The van der Waals surface area contributed by atoms with Crippen LogP contribution in [0.2, 0.25) is 0 Å². The van der Waals surface area contributed by atoms with E-state index in [1.807, 2.05) is 32.9 Å². The number of hydrogen-bond acceptors (Lipinski definition) is 2. The molecule has 1 aliphatic heterocycles. The average Bonchev–Trinajstić information content (AvgIpc) is 2.76. The van der Waals surface area contributed by atoms with Crippen LogP contribution in [0.3, 0.4) is 0 Å². The molecular weight excluding hydrogens is 200 g/mol. The zero-order valence-corrected chi connectivity index (χ0v) is 9.86. The first kappa shape index (κ1) is 9.88. The molecule has 1 saturated heterocycles. The maximum Gasteiger partial charge on any atom is 0.317 e. The molecule has 1 saturated carbocycles. The zero-order valence-electron chi connectivity index (χ0n) is 9.86. The van der Waals surface area contributed by atoms with Gasteiger partial charge in [-0.1, -0.05) is 36.0 Å². The minimum Gasteiger partial charge on any atom is -0.461 e. The first-order valence-corrected chi connectivity index (χ1v) is 5.79. The third-order valence-corrected chi connectivity index (χ3v) is 4.24. The molecular formula is C14H16O2. The van der Waals surface area contributed by atoms with E-state index in [0.29, 0.717) is 5.92 Å². The van der Waals surface area contributed by atoms with E-state index in [4.69, 9.17) is 4.74 Å². The van der Waals surface area contributed by atoms with Gasteiger partial charge in [-0.15, -0.1) is 0 Å². The zero-order chi connectivity index (χ0) is 11.6. The normalized spacial score (nSPS) is 47.1. The Hall–Kier alpha value is -1.31. The van der Waals surface area contributed by atoms with Crippen molar-refractivity contribution >= 4 is 5.97 Å². The lowest BCUT2D eigenvalue weighted by Crippen LogP contribution is -2.20. The van der Waals surface area contributed by atoms with Gasteiger partial charge in [0.05, 0.1) is 5.41 Å². The van der Waals surface area contributed by atoms with Crippen LogP contribution in [0, 0.1) is 16.7 Å². The molecule has 1 heterocycles. The molecule has 0 aromatic heterocycles. The third kappa shape index (κ3) is 0.796. The molecule has 3 rings (SSSR count). The summed E-state index contributed by atoms with van der Waals surface area (Å²) >= 11 is 0. The van der Waals surface area contributed by atoms with Crippen LogP contribution >= 0.6 is 0 Å². The van der Waals surface area contributed by atoms with Crippen LogP contribution in [0.25, 0.3) is 0 Å². The van der Waals surface area contributed by atoms with E-state index in [0.717, 1.165) is 0 Å². The minimum absolute atomic E-state index is 0.0122. The molecule has 2 aliphatic carbocycles. The molecule has 16 heavy (non-hydrogen) atoms. The molecule has 1 spiro atoms. The standard InChI is InChI=1S/C14H16O2/c1-9(2)8-14-11-6-4-5-7-13(11,14)10(3)16-12(14)15/h4-8,10-11H,1-3H3/t10-,11+,13+,14+/m0/s1. The Morgan fingerprint density at radius 2 is 2.19 bits per heavy atom. The SMILES string of the molecule is CC(C)=C[C@@]12C(=O)O[C@@H](C)[C@@]13C=CC=C[C@H]32. The second kappa shape index (κ2) is 2.68. The lowest BCUT2D eigenvalue weighted by atomic mass is 9.88. The highest BCUT2D eigenvalue weighted by Gasteiger charge is 2.84. The quantitative estimate of drug-likeness (QED) is 0.497. The highest BCUT2D eigenvalue weighted by molar-refractivity contribution is 5.91. The maximum absolute atomic E-state index is 12.1. The highest BCUT2D eigenvalue weighted by Crippen LogP contribution is 2.78. The topological polar surface area (TPSA) is 26.3 Å². The Morgan fingerprint density at radius 1 is 1.44 bits per heavy atom. The van der Waals surface area contributed by atoms with Crippen molar-refractivity contribution in [3.05, 3.63) is 36.0 Å². The van der Waals surface area contributed by atoms with Crippen molar-refractivity contribution in [3.8, 4) is 0 Å². The van der Waals surface area contributed by atoms with E-state index < -0.39 is 5.41 Å². The first-order chi connectivity index (χ1) is 7.55. The van der Waals surface area contributed by atoms with Crippen LogP contribution in [0.5, 0.6) is 0 Å². The van der Waals surface area contributed by atoms with E-state index in [1.165, 1.54) is 5.57 Å². The minimum atomic E-state index is -0.408. The van der Waals surface area contributed by atoms with Crippen molar-refractivity contribution in [2.24, 2.45) is 16.7 Å². The Kier molecular flexibility index (Phi) is 1.65. The molecule has 3 aliphatic rings. The molecule has 0 amide bonds. The smallest absolute Gasteiger partial charge is 0.317 e. The number of cyclic esters (lactones) is 1. The number of hydrogen-bond donors (Lipinski definition) is 0. The van der Waals surface area contributed by atoms with E-state index in [9.17, 15) is 4.79 Å². The highest BCUT2D eigenvalue weighted by atomic mass is 16.6. The van der Waals surface area contributed by atoms with Crippen molar-refractivity contribution in [1.29, 1.82) is 0 Å². The number of rotatable bonds is 1. The fraction of sp³-hybridized carbons (Fsp3) is 0.500. The Morgan fingerprint density at radius 3 is 2.81 bits per heavy atom. The van der Waals surface area contributed by atoms with Gasteiger partial charge in [-0.3, -0.25) is 4.79 Å². The van der Waals surface area contributed by atoms with E-state index in [1.54, 1.807) is 0 Å². The molecule has 4 atom stereocenters. The van der Waals surface area contributed by atoms with Gasteiger partial charge in [0.25, 0.3) is 0 Å². The first-order valence-electron chi connectivity index (χ1n) is 5.79. The molecule has 0 bridgehead atoms. The number of esters is 1. The second-order valence-electron chi connectivity index (χ2n) is 5.29. The van der Waals surface area contributed by atoms with Gasteiger partial charge in [0.15, 0.2) is 0 Å². The van der Waals surface area contributed by atoms with Gasteiger partial charge in [-0.25, -0.2) is 0 Å². The van der Waals surface area contributed by atoms with Gasteiger partial charge < -0.3 is 4.74 Å². The van der Waals surface area contributed by atoms with E-state index in [2.05, 4.69) is 18.2 Å². The van der Waals surface area contributed by atoms with Gasteiger partial charge >= 0.3 is 5.97 Å². The van der Waals surface area contributed by atoms with Crippen LogP contribution in [0.4, 0.5) is 0 Å². The van der Waals surface area contributed by atoms with Gasteiger partial charge in [0, 0.05) is 5.92 Å². The van der Waals surface area contributed by atoms with Crippen molar-refractivity contribution in [3.63, 3.8) is 0 Å². The predicted octanol–water partition coefficient (Wildman–Crippen LogP) is 2.63. The summed E-state index contributed by atoms with van der Waals surface area (Å²) in [5.41, 5.74) is 0.673. The number of ether oxygens (including phenoxy) is 1. The molecule has 0 N–H and O–H groups in total. The monoisotopic (exact) mass is 216 g/mol. The van der Waals surface area contributed by atoms with Crippen LogP contribution in [0.1, 0.15) is 20.8 Å². The summed E-state index contributed by atoms with van der Waals surface area (Å²) in [5.74, 6) is 0.249. The fourth-order valence-electron chi connectivity index (χ4n) is 3.63. The summed E-state index contributed by atoms with van der Waals surface area (Å²) in [6.45, 7) is 6.08. The van der Waals surface area contributed by atoms with Crippen LogP contribution in [-0.2, 0) is 9.53 Å². The third-order valence-electron chi connectivity index (χ3n) is 4.24. The molecule has 84 valence electrons. The molecule has 2 heteroatoms. The van der Waals surface area contributed by atoms with Crippen molar-refractivity contribution in [2.45, 2.75) is 26.9 Å². The summed E-state index contributed by atoms with van der Waals surface area (Å²) in [6, 6.07) is 0. The maximum atomic E-state index is 12.1. The summed E-state index contributed by atoms with van der Waals surface area (Å²) < 4.78 is 5.42. The molecule has 2 nitrogen and oxygen atoms in total. The number of carbonyl (C=O) groups excluding carboxylic acids is 1. The van der Waals surface area contributed by atoms with Gasteiger partial charge in [0.1, 0.15) is 11.5 Å². The van der Waals surface area contributed by atoms with E-state index in [-0.39, 0.29) is 17.5 Å². The number of fused-ring (bicyclic) bond motifs is 1. The molecule has 0 radical (unpaired) electrons. The lowest BCUT2D eigenvalue weighted by Gasteiger charge is -2.17. The molecule has 0 aromatic rings. The molecule has 2 fully saturated rings. The molecule has 0 unspecified atom stereocenters. The van der Waals surface area contributed by atoms with Crippen LogP contribution in [0.15, 0.2) is 36.0 Å². The Bertz CT molecular complexity index is 453. The van der Waals surface area contributed by atoms with Crippen LogP contribution in [-0.4, -0.2) is 12.1 Å². The predicted molar refractivity (Wildman–Crippen MR) is 61.6 cm³/mol. The largest absolute Gasteiger partial charge is 0.461 e. The van der Waals surface area contributed by atoms with Gasteiger partial charge in [-0.2, -0.15) is 0 Å². The van der Waals surface area contributed by atoms with Gasteiger partial charge in [-0.05, 0) is 20.8 Å². The number of allylic oxidation sites excluding steroid dienone is 4.